The molecule has 2 rings (SSSR count). The van der Waals surface area contributed by atoms with Gasteiger partial charge in [0.2, 0.25) is 0 Å². The molecule has 0 heterocycles. The van der Waals surface area contributed by atoms with Crippen LogP contribution >= 0.6 is 0 Å². The number of carbonyl (C=O) groups is 3. The van der Waals surface area contributed by atoms with Gasteiger partial charge in [-0.15, -0.1) is 0 Å². The number of rotatable bonds is 8. The maximum atomic E-state index is 12.3. The van der Waals surface area contributed by atoms with Gasteiger partial charge >= 0.3 is 11.8 Å². The van der Waals surface area contributed by atoms with Gasteiger partial charge in [0.1, 0.15) is 5.75 Å². The van der Waals surface area contributed by atoms with Crippen LogP contribution in [0.5, 0.6) is 5.75 Å². The van der Waals surface area contributed by atoms with E-state index in [0.29, 0.717) is 17.7 Å². The first-order valence-corrected chi connectivity index (χ1v) is 10.0. The Morgan fingerprint density at radius 3 is 2.39 bits per heavy atom. The minimum absolute atomic E-state index is 0.106. The maximum absolute atomic E-state index is 12.3. The number of carbonyl (C=O) groups excluding carboxylic acids is 3. The normalized spacial score (nSPS) is 11.6. The van der Waals surface area contributed by atoms with Crippen LogP contribution in [0.25, 0.3) is 0 Å². The van der Waals surface area contributed by atoms with Crippen molar-refractivity contribution < 1.29 is 19.1 Å². The summed E-state index contributed by atoms with van der Waals surface area (Å²) in [4.78, 5) is 35.8. The second-order valence-electron chi connectivity index (χ2n) is 7.12. The molecule has 0 aliphatic heterocycles. The molecule has 0 fully saturated rings. The molecule has 0 aliphatic rings. The van der Waals surface area contributed by atoms with Crippen LogP contribution in [0.15, 0.2) is 47.6 Å². The van der Waals surface area contributed by atoms with Gasteiger partial charge in [0, 0.05) is 17.3 Å². The van der Waals surface area contributed by atoms with Crippen LogP contribution in [-0.2, 0) is 14.4 Å². The monoisotopic (exact) mass is 424 g/mol. The molecule has 0 unspecified atom stereocenters. The number of benzene rings is 2. The highest BCUT2D eigenvalue weighted by molar-refractivity contribution is 6.35. The molecule has 0 radical (unpaired) electrons. The van der Waals surface area contributed by atoms with Gasteiger partial charge < -0.3 is 15.4 Å². The molecule has 31 heavy (non-hydrogen) atoms. The van der Waals surface area contributed by atoms with Crippen LogP contribution in [0, 0.1) is 13.8 Å². The lowest BCUT2D eigenvalue weighted by atomic mass is 10.1. The standard InChI is InChI=1S/C23H28N4O4/c1-5-17(4)25-22(29)23(30)27-24-13-18-11-6-7-12-19(18)31-14-20(28)26-21-15(2)9-8-10-16(21)3/h6-13,17H,5,14H2,1-4H3,(H,25,29)(H,26,28)(H,27,30)/b24-13-/t17-/m1/s1. The number of para-hydroxylation sites is 2. The zero-order valence-electron chi connectivity index (χ0n) is 18.2. The molecule has 0 spiro atoms. The number of amides is 3. The summed E-state index contributed by atoms with van der Waals surface area (Å²) < 4.78 is 5.63. The molecule has 164 valence electrons. The predicted octanol–water partition coefficient (Wildman–Crippen LogP) is 2.69. The van der Waals surface area contributed by atoms with Crippen LogP contribution in [0.4, 0.5) is 5.69 Å². The smallest absolute Gasteiger partial charge is 0.329 e. The summed E-state index contributed by atoms with van der Waals surface area (Å²) in [6.45, 7) is 7.36. The number of nitrogens with zero attached hydrogens (tertiary/aromatic N) is 1. The molecule has 1 atom stereocenters. The van der Waals surface area contributed by atoms with E-state index in [-0.39, 0.29) is 18.6 Å². The zero-order chi connectivity index (χ0) is 22.8. The molecule has 8 nitrogen and oxygen atoms in total. The Bertz CT molecular complexity index is 952. The Kier molecular flexibility index (Phi) is 8.75. The van der Waals surface area contributed by atoms with Gasteiger partial charge in [-0.25, -0.2) is 5.43 Å². The Morgan fingerprint density at radius 1 is 1.03 bits per heavy atom. The van der Waals surface area contributed by atoms with E-state index in [0.717, 1.165) is 16.8 Å². The molecular weight excluding hydrogens is 396 g/mol. The van der Waals surface area contributed by atoms with E-state index in [2.05, 4.69) is 21.2 Å². The van der Waals surface area contributed by atoms with Gasteiger partial charge in [-0.1, -0.05) is 37.3 Å². The molecule has 0 aliphatic carbocycles. The van der Waals surface area contributed by atoms with Crippen LogP contribution in [0.3, 0.4) is 0 Å². The number of hydrogen-bond acceptors (Lipinski definition) is 5. The summed E-state index contributed by atoms with van der Waals surface area (Å²) in [5.74, 6) is -1.48. The average Bonchev–Trinajstić information content (AvgIpc) is 2.75. The topological polar surface area (TPSA) is 109 Å². The lowest BCUT2D eigenvalue weighted by molar-refractivity contribution is -0.139. The van der Waals surface area contributed by atoms with Crippen molar-refractivity contribution in [3.8, 4) is 5.75 Å². The first-order chi connectivity index (χ1) is 14.8. The third-order valence-electron chi connectivity index (χ3n) is 4.59. The molecule has 2 aromatic carbocycles. The minimum Gasteiger partial charge on any atom is -0.483 e. The molecule has 0 bridgehead atoms. The fourth-order valence-corrected chi connectivity index (χ4v) is 2.65. The van der Waals surface area contributed by atoms with Crippen LogP contribution < -0.4 is 20.8 Å². The number of nitrogens with one attached hydrogen (secondary N) is 3. The number of hydrazone groups is 1. The van der Waals surface area contributed by atoms with E-state index in [1.54, 1.807) is 31.2 Å². The molecule has 8 heteroatoms. The third kappa shape index (κ3) is 7.26. The summed E-state index contributed by atoms with van der Waals surface area (Å²) in [5.41, 5.74) is 5.43. The highest BCUT2D eigenvalue weighted by Crippen LogP contribution is 2.20. The molecule has 3 amide bonds. The van der Waals surface area contributed by atoms with Gasteiger partial charge in [-0.05, 0) is 50.5 Å². The Hall–Kier alpha value is -3.68. The molecule has 3 N–H and O–H groups in total. The zero-order valence-corrected chi connectivity index (χ0v) is 18.2. The second kappa shape index (κ2) is 11.5. The third-order valence-corrected chi connectivity index (χ3v) is 4.59. The lowest BCUT2D eigenvalue weighted by Gasteiger charge is -2.13. The van der Waals surface area contributed by atoms with Crippen LogP contribution in [-0.4, -0.2) is 36.6 Å². The Morgan fingerprint density at radius 2 is 1.71 bits per heavy atom. The average molecular weight is 425 g/mol. The van der Waals surface area contributed by atoms with Crippen LogP contribution in [0.2, 0.25) is 0 Å². The van der Waals surface area contributed by atoms with E-state index in [9.17, 15) is 14.4 Å². The molecule has 0 saturated heterocycles. The number of aryl methyl sites for hydroxylation is 2. The summed E-state index contributed by atoms with van der Waals surface area (Å²) in [7, 11) is 0. The van der Waals surface area contributed by atoms with Gasteiger partial charge in [0.15, 0.2) is 6.61 Å². The summed E-state index contributed by atoms with van der Waals surface area (Å²) >= 11 is 0. The molecule has 0 saturated carbocycles. The number of anilines is 1. The molecule has 2 aromatic rings. The molecule has 0 aromatic heterocycles. The largest absolute Gasteiger partial charge is 0.483 e. The van der Waals surface area contributed by atoms with E-state index < -0.39 is 11.8 Å². The quantitative estimate of drug-likeness (QED) is 0.344. The van der Waals surface area contributed by atoms with Gasteiger partial charge in [0.25, 0.3) is 5.91 Å². The first kappa shape index (κ1) is 23.6. The van der Waals surface area contributed by atoms with Crippen molar-refractivity contribution in [3.05, 3.63) is 59.2 Å². The van der Waals surface area contributed by atoms with Crippen molar-refractivity contribution in [3.63, 3.8) is 0 Å². The minimum atomic E-state index is -0.858. The Balaban J connectivity index is 1.94. The number of hydrogen-bond donors (Lipinski definition) is 3. The van der Waals surface area contributed by atoms with Crippen molar-refractivity contribution >= 4 is 29.6 Å². The van der Waals surface area contributed by atoms with E-state index in [1.165, 1.54) is 6.21 Å². The van der Waals surface area contributed by atoms with Gasteiger partial charge in [-0.2, -0.15) is 5.10 Å². The van der Waals surface area contributed by atoms with Crippen molar-refractivity contribution in [1.82, 2.24) is 10.7 Å². The fourth-order valence-electron chi connectivity index (χ4n) is 2.65. The highest BCUT2D eigenvalue weighted by atomic mass is 16.5. The number of ether oxygens (including phenoxy) is 1. The summed E-state index contributed by atoms with van der Waals surface area (Å²) in [6.07, 6.45) is 2.07. The Labute approximate surface area is 182 Å². The van der Waals surface area contributed by atoms with Crippen molar-refractivity contribution in [2.45, 2.75) is 40.2 Å². The highest BCUT2D eigenvalue weighted by Gasteiger charge is 2.14. The predicted molar refractivity (Wildman–Crippen MR) is 120 cm³/mol. The van der Waals surface area contributed by atoms with Crippen molar-refractivity contribution in [1.29, 1.82) is 0 Å². The van der Waals surface area contributed by atoms with E-state index in [4.69, 9.17) is 4.74 Å². The lowest BCUT2D eigenvalue weighted by Crippen LogP contribution is -2.41. The van der Waals surface area contributed by atoms with E-state index >= 15 is 0 Å². The van der Waals surface area contributed by atoms with Crippen molar-refractivity contribution in [2.24, 2.45) is 5.10 Å². The molecular formula is C23H28N4O4. The second-order valence-corrected chi connectivity index (χ2v) is 7.12. The SMILES string of the molecule is CC[C@@H](C)NC(=O)C(=O)N/N=C\c1ccccc1OCC(=O)Nc1c(C)cccc1C. The summed E-state index contributed by atoms with van der Waals surface area (Å²) in [6, 6.07) is 12.6. The first-order valence-electron chi connectivity index (χ1n) is 10.0. The van der Waals surface area contributed by atoms with Gasteiger partial charge in [0.05, 0.1) is 6.21 Å². The summed E-state index contributed by atoms with van der Waals surface area (Å²) in [5, 5.41) is 9.22. The van der Waals surface area contributed by atoms with Gasteiger partial charge in [-0.3, -0.25) is 14.4 Å². The van der Waals surface area contributed by atoms with Crippen LogP contribution in [0.1, 0.15) is 37.0 Å². The van der Waals surface area contributed by atoms with E-state index in [1.807, 2.05) is 39.0 Å². The fraction of sp³-hybridized carbons (Fsp3) is 0.304. The van der Waals surface area contributed by atoms with Crippen molar-refractivity contribution in [2.75, 3.05) is 11.9 Å². The maximum Gasteiger partial charge on any atom is 0.329 e.